The predicted molar refractivity (Wildman–Crippen MR) is 78.9 cm³/mol. The number of phenolic OH excluding ortho intramolecular Hbond substituents is 1. The molecule has 21 heavy (non-hydrogen) atoms. The molecule has 110 valence electrons. The lowest BCUT2D eigenvalue weighted by atomic mass is 9.96. The van der Waals surface area contributed by atoms with Crippen molar-refractivity contribution in [3.63, 3.8) is 0 Å². The topological polar surface area (TPSA) is 78.6 Å². The summed E-state index contributed by atoms with van der Waals surface area (Å²) in [5.74, 6) is -0.854. The lowest BCUT2D eigenvalue weighted by Gasteiger charge is -2.28. The first kappa shape index (κ1) is 13.5. The number of carboxylic acids is 1. The Balaban J connectivity index is 2.14. The first-order chi connectivity index (χ1) is 9.99. The molecule has 3 rings (SSSR count). The number of hydrogen-bond donors (Lipinski definition) is 2. The molecule has 0 radical (unpaired) electrons. The zero-order valence-electron chi connectivity index (χ0n) is 12.0. The Morgan fingerprint density at radius 2 is 2.10 bits per heavy atom. The lowest BCUT2D eigenvalue weighted by molar-refractivity contribution is 0.0689. The van der Waals surface area contributed by atoms with Crippen LogP contribution in [0.15, 0.2) is 18.2 Å². The Morgan fingerprint density at radius 1 is 1.33 bits per heavy atom. The van der Waals surface area contributed by atoms with E-state index in [0.29, 0.717) is 11.3 Å². The van der Waals surface area contributed by atoms with E-state index < -0.39 is 5.97 Å². The summed E-state index contributed by atoms with van der Waals surface area (Å²) in [5.41, 5.74) is 3.14. The van der Waals surface area contributed by atoms with Gasteiger partial charge in [-0.1, -0.05) is 0 Å². The molecule has 0 aliphatic carbocycles. The summed E-state index contributed by atoms with van der Waals surface area (Å²) in [4.78, 5) is 13.1. The van der Waals surface area contributed by atoms with Crippen LogP contribution in [0.1, 0.15) is 22.5 Å². The van der Waals surface area contributed by atoms with Gasteiger partial charge in [0.25, 0.3) is 0 Å². The standard InChI is InChI=1S/C15H17N3O3/c1-17-7-3-4-9-12(17)6-5-10(14(9)19)13-8-11(15(20)21)16-18(13)2/h5-6,8,19H,3-4,7H2,1-2H3,(H,20,21). The van der Waals surface area contributed by atoms with Gasteiger partial charge < -0.3 is 15.1 Å². The van der Waals surface area contributed by atoms with Gasteiger partial charge in [-0.3, -0.25) is 4.68 Å². The number of carboxylic acid groups (broad SMARTS) is 1. The van der Waals surface area contributed by atoms with Gasteiger partial charge in [0.05, 0.1) is 5.69 Å². The molecule has 0 saturated carbocycles. The summed E-state index contributed by atoms with van der Waals surface area (Å²) >= 11 is 0. The van der Waals surface area contributed by atoms with Crippen molar-refractivity contribution in [2.24, 2.45) is 7.05 Å². The van der Waals surface area contributed by atoms with Gasteiger partial charge in [0, 0.05) is 37.5 Å². The molecule has 1 aliphatic heterocycles. The smallest absolute Gasteiger partial charge is 0.356 e. The Kier molecular flexibility index (Phi) is 3.08. The van der Waals surface area contributed by atoms with Crippen molar-refractivity contribution in [3.05, 3.63) is 29.5 Å². The molecule has 1 aromatic carbocycles. The molecule has 0 atom stereocenters. The lowest BCUT2D eigenvalue weighted by Crippen LogP contribution is -2.24. The summed E-state index contributed by atoms with van der Waals surface area (Å²) in [5, 5.41) is 23.5. The zero-order chi connectivity index (χ0) is 15.1. The van der Waals surface area contributed by atoms with Crippen molar-refractivity contribution in [1.29, 1.82) is 0 Å². The largest absolute Gasteiger partial charge is 0.507 e. The van der Waals surface area contributed by atoms with Gasteiger partial charge in [-0.2, -0.15) is 5.10 Å². The van der Waals surface area contributed by atoms with Crippen LogP contribution >= 0.6 is 0 Å². The number of nitrogens with zero attached hydrogens (tertiary/aromatic N) is 3. The molecule has 0 bridgehead atoms. The van der Waals surface area contributed by atoms with E-state index in [9.17, 15) is 9.90 Å². The molecule has 2 N–H and O–H groups in total. The van der Waals surface area contributed by atoms with Crippen LogP contribution in [0.5, 0.6) is 5.75 Å². The number of carbonyl (C=O) groups is 1. The van der Waals surface area contributed by atoms with Gasteiger partial charge in [-0.05, 0) is 31.0 Å². The van der Waals surface area contributed by atoms with E-state index in [1.54, 1.807) is 7.05 Å². The maximum atomic E-state index is 11.0. The van der Waals surface area contributed by atoms with Crippen molar-refractivity contribution < 1.29 is 15.0 Å². The summed E-state index contributed by atoms with van der Waals surface area (Å²) < 4.78 is 1.48. The monoisotopic (exact) mass is 287 g/mol. The molecule has 2 aromatic rings. The van der Waals surface area contributed by atoms with Gasteiger partial charge in [0.1, 0.15) is 5.75 Å². The summed E-state index contributed by atoms with van der Waals surface area (Å²) in [6.45, 7) is 0.973. The average molecular weight is 287 g/mol. The van der Waals surface area contributed by atoms with E-state index in [1.165, 1.54) is 10.7 Å². The average Bonchev–Trinajstić information content (AvgIpc) is 2.82. The third-order valence-corrected chi connectivity index (χ3v) is 3.96. The number of hydrogen-bond acceptors (Lipinski definition) is 4. The van der Waals surface area contributed by atoms with Gasteiger partial charge in [0.2, 0.25) is 0 Å². The number of fused-ring (bicyclic) bond motifs is 1. The number of anilines is 1. The predicted octanol–water partition coefficient (Wildman–Crippen LogP) is 1.87. The van der Waals surface area contributed by atoms with Gasteiger partial charge in [0.15, 0.2) is 5.69 Å². The van der Waals surface area contributed by atoms with Crippen molar-refractivity contribution in [2.45, 2.75) is 12.8 Å². The number of aromatic nitrogens is 2. The maximum absolute atomic E-state index is 11.0. The molecular formula is C15H17N3O3. The van der Waals surface area contributed by atoms with Crippen LogP contribution in [0.3, 0.4) is 0 Å². The maximum Gasteiger partial charge on any atom is 0.356 e. The second kappa shape index (κ2) is 4.80. The molecule has 1 aromatic heterocycles. The highest BCUT2D eigenvalue weighted by Crippen LogP contribution is 2.40. The van der Waals surface area contributed by atoms with E-state index in [-0.39, 0.29) is 11.4 Å². The highest BCUT2D eigenvalue weighted by Gasteiger charge is 2.22. The van der Waals surface area contributed by atoms with Crippen molar-refractivity contribution >= 4 is 11.7 Å². The van der Waals surface area contributed by atoms with Crippen LogP contribution in [-0.4, -0.2) is 39.6 Å². The Labute approximate surface area is 122 Å². The first-order valence-electron chi connectivity index (χ1n) is 6.82. The molecule has 0 spiro atoms. The number of rotatable bonds is 2. The molecule has 6 nitrogen and oxygen atoms in total. The number of benzene rings is 1. The minimum Gasteiger partial charge on any atom is -0.507 e. The molecular weight excluding hydrogens is 270 g/mol. The van der Waals surface area contributed by atoms with Crippen LogP contribution < -0.4 is 4.90 Å². The molecule has 1 aliphatic rings. The van der Waals surface area contributed by atoms with E-state index in [0.717, 1.165) is 30.6 Å². The molecule has 0 amide bonds. The van der Waals surface area contributed by atoms with Crippen LogP contribution in [0.2, 0.25) is 0 Å². The van der Waals surface area contributed by atoms with Crippen LogP contribution in [0.4, 0.5) is 5.69 Å². The van der Waals surface area contributed by atoms with Gasteiger partial charge in [-0.15, -0.1) is 0 Å². The minimum absolute atomic E-state index is 0.0262. The fourth-order valence-corrected chi connectivity index (χ4v) is 2.87. The van der Waals surface area contributed by atoms with E-state index in [2.05, 4.69) is 10.00 Å². The van der Waals surface area contributed by atoms with E-state index in [4.69, 9.17) is 5.11 Å². The molecule has 2 heterocycles. The second-order valence-electron chi connectivity index (χ2n) is 5.33. The number of phenols is 1. The fourth-order valence-electron chi connectivity index (χ4n) is 2.87. The third kappa shape index (κ3) is 2.12. The van der Waals surface area contributed by atoms with Crippen molar-refractivity contribution in [1.82, 2.24) is 9.78 Å². The number of aromatic hydroxyl groups is 1. The van der Waals surface area contributed by atoms with E-state index >= 15 is 0 Å². The van der Waals surface area contributed by atoms with Crippen LogP contribution in [0, 0.1) is 0 Å². The fraction of sp³-hybridized carbons (Fsp3) is 0.333. The Morgan fingerprint density at radius 3 is 2.76 bits per heavy atom. The SMILES string of the molecule is CN1CCCc2c1ccc(-c1cc(C(=O)O)nn1C)c2O. The van der Waals surface area contributed by atoms with Crippen molar-refractivity contribution in [3.8, 4) is 17.0 Å². The molecule has 0 saturated heterocycles. The number of aromatic carboxylic acids is 1. The zero-order valence-corrected chi connectivity index (χ0v) is 12.0. The molecule has 0 fully saturated rings. The van der Waals surface area contributed by atoms with Crippen molar-refractivity contribution in [2.75, 3.05) is 18.5 Å². The normalized spacial score (nSPS) is 14.1. The summed E-state index contributed by atoms with van der Waals surface area (Å²) in [7, 11) is 3.68. The Hall–Kier alpha value is -2.50. The van der Waals surface area contributed by atoms with E-state index in [1.807, 2.05) is 19.2 Å². The number of aryl methyl sites for hydroxylation is 1. The van der Waals surface area contributed by atoms with Crippen LogP contribution in [-0.2, 0) is 13.5 Å². The third-order valence-electron chi connectivity index (χ3n) is 3.96. The quantitative estimate of drug-likeness (QED) is 0.881. The highest BCUT2D eigenvalue weighted by molar-refractivity contribution is 5.87. The second-order valence-corrected chi connectivity index (χ2v) is 5.33. The highest BCUT2D eigenvalue weighted by atomic mass is 16.4. The van der Waals surface area contributed by atoms with Gasteiger partial charge in [-0.25, -0.2) is 4.79 Å². The first-order valence-corrected chi connectivity index (χ1v) is 6.82. The van der Waals surface area contributed by atoms with Gasteiger partial charge >= 0.3 is 5.97 Å². The summed E-state index contributed by atoms with van der Waals surface area (Å²) in [6.07, 6.45) is 1.81. The molecule has 6 heteroatoms. The van der Waals surface area contributed by atoms with Crippen LogP contribution in [0.25, 0.3) is 11.3 Å². The molecule has 0 unspecified atom stereocenters. The minimum atomic E-state index is -1.07. The summed E-state index contributed by atoms with van der Waals surface area (Å²) in [6, 6.07) is 5.27. The Bertz CT molecular complexity index is 721.